The van der Waals surface area contributed by atoms with Gasteiger partial charge in [0.15, 0.2) is 6.10 Å². The summed E-state index contributed by atoms with van der Waals surface area (Å²) in [5.41, 5.74) is 2.94. The van der Waals surface area contributed by atoms with Crippen LogP contribution in [0.5, 0.6) is 5.75 Å². The molecule has 0 aromatic heterocycles. The molecule has 0 spiro atoms. The van der Waals surface area contributed by atoms with E-state index in [9.17, 15) is 4.79 Å². The number of aryl methyl sites for hydroxylation is 1. The van der Waals surface area contributed by atoms with Gasteiger partial charge in [-0.1, -0.05) is 44.5 Å². The van der Waals surface area contributed by atoms with Crippen LogP contribution in [-0.2, 0) is 4.79 Å². The third-order valence-corrected chi connectivity index (χ3v) is 4.34. The van der Waals surface area contributed by atoms with Gasteiger partial charge >= 0.3 is 0 Å². The molecule has 1 N–H and O–H groups in total. The molecule has 2 aromatic carbocycles. The van der Waals surface area contributed by atoms with E-state index in [1.165, 1.54) is 5.56 Å². The van der Waals surface area contributed by atoms with E-state index in [0.717, 1.165) is 11.3 Å². The fourth-order valence-corrected chi connectivity index (χ4v) is 2.47. The number of ether oxygens (including phenoxy) is 1. The summed E-state index contributed by atoms with van der Waals surface area (Å²) in [5.74, 6) is 0.964. The Morgan fingerprint density at radius 1 is 1.17 bits per heavy atom. The van der Waals surface area contributed by atoms with E-state index < -0.39 is 6.10 Å². The molecule has 3 nitrogen and oxygen atoms in total. The second-order valence-corrected chi connectivity index (χ2v) is 6.60. The molecule has 0 fully saturated rings. The van der Waals surface area contributed by atoms with Crippen LogP contribution in [0.2, 0.25) is 5.02 Å². The minimum absolute atomic E-state index is 0.151. The zero-order valence-electron chi connectivity index (χ0n) is 14.6. The van der Waals surface area contributed by atoms with E-state index >= 15 is 0 Å². The van der Waals surface area contributed by atoms with Crippen molar-refractivity contribution in [1.82, 2.24) is 0 Å². The van der Waals surface area contributed by atoms with E-state index in [1.54, 1.807) is 12.1 Å². The summed E-state index contributed by atoms with van der Waals surface area (Å²) in [4.78, 5) is 12.5. The first-order valence-electron chi connectivity index (χ1n) is 8.24. The van der Waals surface area contributed by atoms with Gasteiger partial charge in [0.05, 0.1) is 0 Å². The molecule has 24 heavy (non-hydrogen) atoms. The second kappa shape index (κ2) is 8.20. The van der Waals surface area contributed by atoms with Crippen LogP contribution < -0.4 is 10.1 Å². The van der Waals surface area contributed by atoms with Gasteiger partial charge in [0.2, 0.25) is 0 Å². The van der Waals surface area contributed by atoms with Crippen LogP contribution in [-0.4, -0.2) is 12.0 Å². The van der Waals surface area contributed by atoms with Crippen LogP contribution in [0.3, 0.4) is 0 Å². The highest BCUT2D eigenvalue weighted by atomic mass is 35.5. The van der Waals surface area contributed by atoms with E-state index in [4.69, 9.17) is 16.3 Å². The topological polar surface area (TPSA) is 38.3 Å². The first-order chi connectivity index (χ1) is 11.4. The maximum Gasteiger partial charge on any atom is 0.265 e. The van der Waals surface area contributed by atoms with Crippen LogP contribution in [0, 0.1) is 6.92 Å². The van der Waals surface area contributed by atoms with Crippen molar-refractivity contribution in [3.63, 3.8) is 0 Å². The van der Waals surface area contributed by atoms with E-state index in [-0.39, 0.29) is 5.91 Å². The van der Waals surface area contributed by atoms with E-state index in [2.05, 4.69) is 19.2 Å². The number of carbonyl (C=O) groups excluding carboxylic acids is 1. The number of hydrogen-bond acceptors (Lipinski definition) is 2. The Morgan fingerprint density at radius 2 is 1.83 bits per heavy atom. The van der Waals surface area contributed by atoms with Crippen molar-refractivity contribution in [2.75, 3.05) is 5.32 Å². The zero-order valence-corrected chi connectivity index (χ0v) is 15.4. The fourth-order valence-electron chi connectivity index (χ4n) is 2.35. The predicted molar refractivity (Wildman–Crippen MR) is 100 cm³/mol. The van der Waals surface area contributed by atoms with Gasteiger partial charge < -0.3 is 10.1 Å². The van der Waals surface area contributed by atoms with Crippen molar-refractivity contribution in [2.24, 2.45) is 0 Å². The van der Waals surface area contributed by atoms with Crippen molar-refractivity contribution in [3.8, 4) is 5.75 Å². The minimum Gasteiger partial charge on any atom is -0.481 e. The van der Waals surface area contributed by atoms with Gasteiger partial charge in [-0.3, -0.25) is 4.79 Å². The lowest BCUT2D eigenvalue weighted by Crippen LogP contribution is -2.32. The molecule has 0 aliphatic rings. The molecule has 0 saturated heterocycles. The average molecular weight is 346 g/mol. The average Bonchev–Trinajstić information content (AvgIpc) is 2.56. The summed E-state index contributed by atoms with van der Waals surface area (Å²) in [6, 6.07) is 13.3. The molecule has 0 aliphatic heterocycles. The van der Waals surface area contributed by atoms with Crippen molar-refractivity contribution in [1.29, 1.82) is 0 Å². The van der Waals surface area contributed by atoms with Crippen molar-refractivity contribution < 1.29 is 9.53 Å². The Bertz CT molecular complexity index is 695. The molecule has 4 heteroatoms. The minimum atomic E-state index is -0.546. The zero-order chi connectivity index (χ0) is 17.7. The van der Waals surface area contributed by atoms with Crippen LogP contribution in [0.25, 0.3) is 0 Å². The Labute approximate surface area is 149 Å². The molecule has 0 heterocycles. The number of nitrogens with one attached hydrogen (secondary N) is 1. The standard InChI is InChI=1S/C20H24ClNO2/c1-5-19(24-17-10-11-18(21)14(4)12-17)20(23)22-16-8-6-15(7-9-16)13(2)3/h6-13,19H,5H2,1-4H3,(H,22,23). The molecule has 1 amide bonds. The van der Waals surface area contributed by atoms with Gasteiger partial charge in [-0.05, 0) is 60.7 Å². The first kappa shape index (κ1) is 18.3. The van der Waals surface area contributed by atoms with Crippen LogP contribution in [0.15, 0.2) is 42.5 Å². The Kier molecular flexibility index (Phi) is 6.27. The fraction of sp³-hybridized carbons (Fsp3) is 0.350. The largest absolute Gasteiger partial charge is 0.481 e. The van der Waals surface area contributed by atoms with Gasteiger partial charge in [0.1, 0.15) is 5.75 Å². The molecule has 0 aliphatic carbocycles. The van der Waals surface area contributed by atoms with E-state index in [0.29, 0.717) is 23.1 Å². The van der Waals surface area contributed by atoms with E-state index in [1.807, 2.05) is 44.2 Å². The Balaban J connectivity index is 2.03. The highest BCUT2D eigenvalue weighted by Gasteiger charge is 2.19. The lowest BCUT2D eigenvalue weighted by Gasteiger charge is -2.18. The summed E-state index contributed by atoms with van der Waals surface area (Å²) >= 11 is 6.02. The number of amides is 1. The quantitative estimate of drug-likeness (QED) is 0.743. The molecular formula is C20H24ClNO2. The molecule has 128 valence electrons. The van der Waals surface area contributed by atoms with Gasteiger partial charge in [0, 0.05) is 10.7 Å². The van der Waals surface area contributed by atoms with Gasteiger partial charge in [0.25, 0.3) is 5.91 Å². The molecule has 0 bridgehead atoms. The smallest absolute Gasteiger partial charge is 0.265 e. The van der Waals surface area contributed by atoms with Gasteiger partial charge in [-0.15, -0.1) is 0 Å². The SMILES string of the molecule is CCC(Oc1ccc(Cl)c(C)c1)C(=O)Nc1ccc(C(C)C)cc1. The van der Waals surface area contributed by atoms with Crippen LogP contribution in [0.4, 0.5) is 5.69 Å². The Morgan fingerprint density at radius 3 is 2.38 bits per heavy atom. The summed E-state index contributed by atoms with van der Waals surface area (Å²) < 4.78 is 5.82. The number of carbonyl (C=O) groups is 1. The van der Waals surface area contributed by atoms with Crippen molar-refractivity contribution >= 4 is 23.2 Å². The third-order valence-electron chi connectivity index (χ3n) is 3.92. The molecule has 1 unspecified atom stereocenters. The molecule has 1 atom stereocenters. The molecule has 0 radical (unpaired) electrons. The number of rotatable bonds is 6. The summed E-state index contributed by atoms with van der Waals surface area (Å²) in [7, 11) is 0. The highest BCUT2D eigenvalue weighted by molar-refractivity contribution is 6.31. The molecular weight excluding hydrogens is 322 g/mol. The van der Waals surface area contributed by atoms with Crippen LogP contribution in [0.1, 0.15) is 44.2 Å². The monoisotopic (exact) mass is 345 g/mol. The highest BCUT2D eigenvalue weighted by Crippen LogP contribution is 2.23. The third kappa shape index (κ3) is 4.75. The van der Waals surface area contributed by atoms with Crippen molar-refractivity contribution in [2.45, 2.75) is 46.1 Å². The lowest BCUT2D eigenvalue weighted by molar-refractivity contribution is -0.122. The van der Waals surface area contributed by atoms with Gasteiger partial charge in [-0.2, -0.15) is 0 Å². The maximum atomic E-state index is 12.5. The second-order valence-electron chi connectivity index (χ2n) is 6.19. The molecule has 2 rings (SSSR count). The van der Waals surface area contributed by atoms with Crippen molar-refractivity contribution in [3.05, 3.63) is 58.6 Å². The molecule has 0 saturated carbocycles. The summed E-state index contributed by atoms with van der Waals surface area (Å²) in [6.07, 6.45) is 0.0350. The molecule has 2 aromatic rings. The number of hydrogen-bond donors (Lipinski definition) is 1. The number of benzene rings is 2. The maximum absolute atomic E-state index is 12.5. The summed E-state index contributed by atoms with van der Waals surface area (Å²) in [6.45, 7) is 8.12. The number of anilines is 1. The first-order valence-corrected chi connectivity index (χ1v) is 8.62. The normalized spacial score (nSPS) is 12.1. The van der Waals surface area contributed by atoms with Gasteiger partial charge in [-0.25, -0.2) is 0 Å². The van der Waals surface area contributed by atoms with Crippen LogP contribution >= 0.6 is 11.6 Å². The predicted octanol–water partition coefficient (Wildman–Crippen LogP) is 5.57. The number of halogens is 1. The Hall–Kier alpha value is -2.00. The lowest BCUT2D eigenvalue weighted by atomic mass is 10.0. The summed E-state index contributed by atoms with van der Waals surface area (Å²) in [5, 5.41) is 3.60.